The minimum absolute atomic E-state index is 0.00778. The second-order valence-electron chi connectivity index (χ2n) is 4.43. The Kier molecular flexibility index (Phi) is 2.68. The Bertz CT molecular complexity index is 717. The molecule has 0 fully saturated rings. The molecular weight excluding hydrogens is 242 g/mol. The molecule has 0 atom stereocenters. The van der Waals surface area contributed by atoms with Gasteiger partial charge in [0.25, 0.3) is 0 Å². The Morgan fingerprint density at radius 3 is 2.32 bits per heavy atom. The van der Waals surface area contributed by atoms with Crippen molar-refractivity contribution in [1.29, 1.82) is 0 Å². The molecule has 96 valence electrons. The average Bonchev–Trinajstić information content (AvgIpc) is 2.84. The number of benzene rings is 2. The molecule has 3 aromatic rings. The van der Waals surface area contributed by atoms with Gasteiger partial charge in [-0.2, -0.15) is 0 Å². The van der Waals surface area contributed by atoms with E-state index >= 15 is 0 Å². The second-order valence-corrected chi connectivity index (χ2v) is 4.43. The summed E-state index contributed by atoms with van der Waals surface area (Å²) in [4.78, 5) is 1.40. The van der Waals surface area contributed by atoms with Crippen molar-refractivity contribution in [3.63, 3.8) is 0 Å². The van der Waals surface area contributed by atoms with Crippen LogP contribution in [0.2, 0.25) is 0 Å². The van der Waals surface area contributed by atoms with E-state index in [1.165, 1.54) is 4.80 Å². The highest BCUT2D eigenvalue weighted by Crippen LogP contribution is 2.27. The molecule has 5 nitrogen and oxygen atoms in total. The molecule has 19 heavy (non-hydrogen) atoms. The lowest BCUT2D eigenvalue weighted by molar-refractivity contribution is 0.275. The Hall–Kier alpha value is -2.40. The van der Waals surface area contributed by atoms with Gasteiger partial charge in [-0.05, 0) is 36.8 Å². The molecule has 2 aromatic carbocycles. The van der Waals surface area contributed by atoms with Crippen LogP contribution in [0.5, 0.6) is 5.75 Å². The number of hydrogen-bond acceptors (Lipinski definition) is 4. The first kappa shape index (κ1) is 11.7. The van der Waals surface area contributed by atoms with E-state index in [-0.39, 0.29) is 12.4 Å². The molecule has 0 aliphatic rings. The molecule has 2 N–H and O–H groups in total. The Morgan fingerprint density at radius 2 is 1.74 bits per heavy atom. The number of hydrogen-bond donors (Lipinski definition) is 2. The van der Waals surface area contributed by atoms with E-state index < -0.39 is 0 Å². The van der Waals surface area contributed by atoms with E-state index in [0.29, 0.717) is 11.3 Å². The molecule has 3 rings (SSSR count). The Labute approximate surface area is 109 Å². The van der Waals surface area contributed by atoms with Crippen LogP contribution in [0.3, 0.4) is 0 Å². The van der Waals surface area contributed by atoms with Gasteiger partial charge < -0.3 is 10.2 Å². The van der Waals surface area contributed by atoms with Gasteiger partial charge in [-0.1, -0.05) is 12.1 Å². The monoisotopic (exact) mass is 255 g/mol. The van der Waals surface area contributed by atoms with E-state index in [1.54, 1.807) is 12.1 Å². The van der Waals surface area contributed by atoms with Crippen LogP contribution < -0.4 is 0 Å². The van der Waals surface area contributed by atoms with Gasteiger partial charge >= 0.3 is 0 Å². The number of rotatable bonds is 2. The van der Waals surface area contributed by atoms with Gasteiger partial charge in [0.15, 0.2) is 0 Å². The largest absolute Gasteiger partial charge is 0.505 e. The van der Waals surface area contributed by atoms with Crippen LogP contribution in [0, 0.1) is 6.92 Å². The summed E-state index contributed by atoms with van der Waals surface area (Å²) < 4.78 is 0. The van der Waals surface area contributed by atoms with Crippen LogP contribution in [0.4, 0.5) is 0 Å². The van der Waals surface area contributed by atoms with E-state index in [9.17, 15) is 10.2 Å². The third-order valence-corrected chi connectivity index (χ3v) is 2.99. The summed E-state index contributed by atoms with van der Waals surface area (Å²) in [5.74, 6) is 0.00778. The number of phenols is 1. The predicted octanol–water partition coefficient (Wildman–Crippen LogP) is 1.93. The highest BCUT2D eigenvalue weighted by Gasteiger charge is 2.12. The predicted molar refractivity (Wildman–Crippen MR) is 71.2 cm³/mol. The molecule has 0 saturated heterocycles. The summed E-state index contributed by atoms with van der Waals surface area (Å²) in [5.41, 5.74) is 3.39. The molecule has 0 unspecified atom stereocenters. The lowest BCUT2D eigenvalue weighted by Crippen LogP contribution is -2.01. The lowest BCUT2D eigenvalue weighted by atomic mass is 10.1. The van der Waals surface area contributed by atoms with Crippen molar-refractivity contribution in [1.82, 2.24) is 15.0 Å². The van der Waals surface area contributed by atoms with Crippen molar-refractivity contribution in [2.24, 2.45) is 0 Å². The van der Waals surface area contributed by atoms with Gasteiger partial charge in [-0.3, -0.25) is 0 Å². The van der Waals surface area contributed by atoms with Gasteiger partial charge in [0, 0.05) is 5.56 Å². The van der Waals surface area contributed by atoms with Crippen LogP contribution in [0.15, 0.2) is 36.4 Å². The van der Waals surface area contributed by atoms with Crippen molar-refractivity contribution in [3.8, 4) is 11.4 Å². The minimum atomic E-state index is -0.221. The lowest BCUT2D eigenvalue weighted by Gasteiger charge is -2.08. The maximum atomic E-state index is 10.1. The number of fused-ring (bicyclic) bond motifs is 1. The van der Waals surface area contributed by atoms with Gasteiger partial charge in [0.05, 0.1) is 6.61 Å². The van der Waals surface area contributed by atoms with E-state index in [2.05, 4.69) is 10.2 Å². The maximum Gasteiger partial charge on any atom is 0.148 e. The first-order valence-corrected chi connectivity index (χ1v) is 5.95. The van der Waals surface area contributed by atoms with Crippen molar-refractivity contribution >= 4 is 11.0 Å². The van der Waals surface area contributed by atoms with Crippen LogP contribution >= 0.6 is 0 Å². The molecule has 1 heterocycles. The third-order valence-electron chi connectivity index (χ3n) is 2.99. The standard InChI is InChI=1S/C14H13N3O2/c1-9-6-10(8-18)14(19)13(7-9)17-15-11-4-2-3-5-12(11)16-17/h2-7,18-19H,8H2,1H3. The zero-order valence-electron chi connectivity index (χ0n) is 10.4. The number of aliphatic hydroxyl groups excluding tert-OH is 1. The number of aryl methyl sites for hydroxylation is 1. The van der Waals surface area contributed by atoms with Gasteiger partial charge in [-0.25, -0.2) is 0 Å². The normalized spacial score (nSPS) is 11.1. The van der Waals surface area contributed by atoms with Gasteiger partial charge in [0.2, 0.25) is 0 Å². The fourth-order valence-electron chi connectivity index (χ4n) is 2.07. The second kappa shape index (κ2) is 4.37. The summed E-state index contributed by atoms with van der Waals surface area (Å²) in [6, 6.07) is 11.0. The molecule has 0 aliphatic carbocycles. The molecule has 1 aromatic heterocycles. The Morgan fingerprint density at radius 1 is 1.11 bits per heavy atom. The summed E-state index contributed by atoms with van der Waals surface area (Å²) in [7, 11) is 0. The third kappa shape index (κ3) is 1.94. The molecule has 5 heteroatoms. The topological polar surface area (TPSA) is 71.2 Å². The quantitative estimate of drug-likeness (QED) is 0.734. The smallest absolute Gasteiger partial charge is 0.148 e. The highest BCUT2D eigenvalue weighted by atomic mass is 16.3. The van der Waals surface area contributed by atoms with Crippen molar-refractivity contribution in [3.05, 3.63) is 47.5 Å². The summed E-state index contributed by atoms with van der Waals surface area (Å²) in [6.07, 6.45) is 0. The average molecular weight is 255 g/mol. The molecule has 0 bridgehead atoms. The first-order chi connectivity index (χ1) is 9.19. The van der Waals surface area contributed by atoms with Crippen molar-refractivity contribution < 1.29 is 10.2 Å². The molecule has 0 saturated carbocycles. The molecule has 0 radical (unpaired) electrons. The number of aromatic nitrogens is 3. The fourth-order valence-corrected chi connectivity index (χ4v) is 2.07. The van der Waals surface area contributed by atoms with Crippen LogP contribution in [0.25, 0.3) is 16.7 Å². The maximum absolute atomic E-state index is 10.1. The number of aliphatic hydroxyl groups is 1. The molecular formula is C14H13N3O2. The first-order valence-electron chi connectivity index (χ1n) is 5.95. The van der Waals surface area contributed by atoms with Crippen molar-refractivity contribution in [2.75, 3.05) is 0 Å². The summed E-state index contributed by atoms with van der Waals surface area (Å²) in [5, 5.41) is 28.0. The zero-order chi connectivity index (χ0) is 13.4. The van der Waals surface area contributed by atoms with E-state index in [0.717, 1.165) is 16.6 Å². The molecule has 0 spiro atoms. The SMILES string of the molecule is Cc1cc(CO)c(O)c(-n2nc3ccccc3n2)c1. The minimum Gasteiger partial charge on any atom is -0.505 e. The number of aromatic hydroxyl groups is 1. The summed E-state index contributed by atoms with van der Waals surface area (Å²) >= 11 is 0. The van der Waals surface area contributed by atoms with Crippen molar-refractivity contribution in [2.45, 2.75) is 13.5 Å². The Balaban J connectivity index is 2.23. The highest BCUT2D eigenvalue weighted by molar-refractivity contribution is 5.73. The van der Waals surface area contributed by atoms with E-state index in [4.69, 9.17) is 0 Å². The molecule has 0 aliphatic heterocycles. The van der Waals surface area contributed by atoms with Crippen LogP contribution in [-0.4, -0.2) is 25.2 Å². The molecule has 0 amide bonds. The fraction of sp³-hybridized carbons (Fsp3) is 0.143. The number of nitrogens with zero attached hydrogens (tertiary/aromatic N) is 3. The zero-order valence-corrected chi connectivity index (χ0v) is 10.4. The summed E-state index contributed by atoms with van der Waals surface area (Å²) in [6.45, 7) is 1.67. The van der Waals surface area contributed by atoms with E-state index in [1.807, 2.05) is 31.2 Å². The van der Waals surface area contributed by atoms with Crippen LogP contribution in [0.1, 0.15) is 11.1 Å². The van der Waals surface area contributed by atoms with Gasteiger partial charge in [0.1, 0.15) is 22.5 Å². The van der Waals surface area contributed by atoms with Gasteiger partial charge in [-0.15, -0.1) is 15.0 Å². The van der Waals surface area contributed by atoms with Crippen LogP contribution in [-0.2, 0) is 6.61 Å².